The number of benzene rings is 1. The van der Waals surface area contributed by atoms with Gasteiger partial charge in [-0.25, -0.2) is 0 Å². The first-order valence-electron chi connectivity index (χ1n) is 6.62. The van der Waals surface area contributed by atoms with Crippen LogP contribution in [0, 0.1) is 11.8 Å². The molecule has 0 spiro atoms. The van der Waals surface area contributed by atoms with Crippen LogP contribution < -0.4 is 10.1 Å². The van der Waals surface area contributed by atoms with Crippen molar-refractivity contribution in [2.24, 2.45) is 11.8 Å². The maximum Gasteiger partial charge on any atom is 0.119 e. The van der Waals surface area contributed by atoms with E-state index in [-0.39, 0.29) is 12.1 Å². The van der Waals surface area contributed by atoms with Gasteiger partial charge in [0.05, 0.1) is 19.3 Å². The molecule has 1 aliphatic carbocycles. The molecule has 0 aliphatic heterocycles. The van der Waals surface area contributed by atoms with E-state index in [9.17, 15) is 5.11 Å². The quantitative estimate of drug-likeness (QED) is 0.843. The van der Waals surface area contributed by atoms with Crippen LogP contribution in [-0.4, -0.2) is 24.4 Å². The molecule has 0 radical (unpaired) electrons. The van der Waals surface area contributed by atoms with Gasteiger partial charge in [0.1, 0.15) is 5.75 Å². The van der Waals surface area contributed by atoms with E-state index in [4.69, 9.17) is 4.74 Å². The van der Waals surface area contributed by atoms with Gasteiger partial charge in [0.2, 0.25) is 0 Å². The molecule has 3 nitrogen and oxygen atoms in total. The first-order chi connectivity index (χ1) is 8.58. The molecule has 1 saturated carbocycles. The van der Waals surface area contributed by atoms with Gasteiger partial charge < -0.3 is 15.2 Å². The van der Waals surface area contributed by atoms with E-state index in [1.165, 1.54) is 0 Å². The van der Waals surface area contributed by atoms with Crippen LogP contribution in [0.5, 0.6) is 5.75 Å². The highest BCUT2D eigenvalue weighted by molar-refractivity contribution is 5.49. The summed E-state index contributed by atoms with van der Waals surface area (Å²) < 4.78 is 5.14. The zero-order chi connectivity index (χ0) is 13.2. The van der Waals surface area contributed by atoms with Gasteiger partial charge >= 0.3 is 0 Å². The van der Waals surface area contributed by atoms with Gasteiger partial charge in [-0.3, -0.25) is 0 Å². The number of hydrogen-bond donors (Lipinski definition) is 2. The Kier molecular flexibility index (Phi) is 3.81. The molecule has 0 heterocycles. The Morgan fingerprint density at radius 1 is 1.33 bits per heavy atom. The number of rotatable bonds is 5. The summed E-state index contributed by atoms with van der Waals surface area (Å²) in [7, 11) is 1.66. The molecule has 0 bridgehead atoms. The normalized spacial score (nSPS) is 26.8. The first-order valence-corrected chi connectivity index (χ1v) is 6.62. The van der Waals surface area contributed by atoms with E-state index >= 15 is 0 Å². The predicted octanol–water partition coefficient (Wildman–Crippen LogP) is 2.90. The lowest BCUT2D eigenvalue weighted by atomic mass is 9.64. The third-order valence-corrected chi connectivity index (χ3v) is 4.05. The lowest BCUT2D eigenvalue weighted by Gasteiger charge is -2.49. The van der Waals surface area contributed by atoms with Crippen LogP contribution in [0.25, 0.3) is 0 Å². The maximum atomic E-state index is 9.61. The number of hydrogen-bond acceptors (Lipinski definition) is 3. The molecule has 0 unspecified atom stereocenters. The van der Waals surface area contributed by atoms with Crippen LogP contribution in [0.3, 0.4) is 0 Å². The molecule has 0 aromatic heterocycles. The zero-order valence-electron chi connectivity index (χ0n) is 11.4. The van der Waals surface area contributed by atoms with Crippen molar-refractivity contribution in [1.82, 2.24) is 0 Å². The Balaban J connectivity index is 1.99. The number of ether oxygens (including phenoxy) is 1. The predicted molar refractivity (Wildman–Crippen MR) is 74.0 cm³/mol. The molecular weight excluding hydrogens is 226 g/mol. The summed E-state index contributed by atoms with van der Waals surface area (Å²) >= 11 is 0. The number of aliphatic hydroxyl groups is 1. The highest BCUT2D eigenvalue weighted by atomic mass is 16.5. The van der Waals surface area contributed by atoms with E-state index in [0.29, 0.717) is 5.92 Å². The SMILES string of the molecule is COc1ccc(NC2(CO)CC(C(C)C)C2)cc1. The fourth-order valence-corrected chi connectivity index (χ4v) is 2.67. The van der Waals surface area contributed by atoms with Gasteiger partial charge in [0.15, 0.2) is 0 Å². The topological polar surface area (TPSA) is 41.5 Å². The molecule has 1 aromatic carbocycles. The summed E-state index contributed by atoms with van der Waals surface area (Å²) in [5, 5.41) is 13.1. The second-order valence-corrected chi connectivity index (χ2v) is 5.70. The Bertz CT molecular complexity index is 380. The Hall–Kier alpha value is -1.22. The number of methoxy groups -OCH3 is 1. The van der Waals surface area contributed by atoms with Crippen molar-refractivity contribution in [3.05, 3.63) is 24.3 Å². The van der Waals surface area contributed by atoms with Gasteiger partial charge in [-0.15, -0.1) is 0 Å². The standard InChI is InChI=1S/C15H23NO2/c1-11(2)12-8-15(9-12,10-17)16-13-4-6-14(18-3)7-5-13/h4-7,11-12,16-17H,8-10H2,1-3H3. The van der Waals surface area contributed by atoms with Crippen molar-refractivity contribution < 1.29 is 9.84 Å². The average molecular weight is 249 g/mol. The Morgan fingerprint density at radius 3 is 2.39 bits per heavy atom. The van der Waals surface area contributed by atoms with E-state index < -0.39 is 0 Å². The largest absolute Gasteiger partial charge is 0.497 e. The molecule has 1 aromatic rings. The van der Waals surface area contributed by atoms with E-state index in [1.54, 1.807) is 7.11 Å². The highest BCUT2D eigenvalue weighted by Crippen LogP contribution is 2.44. The minimum atomic E-state index is -0.122. The third-order valence-electron chi connectivity index (χ3n) is 4.05. The molecule has 18 heavy (non-hydrogen) atoms. The molecule has 0 amide bonds. The van der Waals surface area contributed by atoms with Crippen molar-refractivity contribution in [3.8, 4) is 5.75 Å². The fraction of sp³-hybridized carbons (Fsp3) is 0.600. The van der Waals surface area contributed by atoms with Gasteiger partial charge in [0, 0.05) is 5.69 Å². The second-order valence-electron chi connectivity index (χ2n) is 5.70. The van der Waals surface area contributed by atoms with Gasteiger partial charge in [0.25, 0.3) is 0 Å². The Labute approximate surface area is 109 Å². The van der Waals surface area contributed by atoms with Crippen LogP contribution in [0.15, 0.2) is 24.3 Å². The first kappa shape index (κ1) is 13.2. The maximum absolute atomic E-state index is 9.61. The Morgan fingerprint density at radius 2 is 1.94 bits per heavy atom. The van der Waals surface area contributed by atoms with Crippen molar-refractivity contribution in [2.45, 2.75) is 32.2 Å². The van der Waals surface area contributed by atoms with Crippen molar-refractivity contribution in [1.29, 1.82) is 0 Å². The molecule has 3 heteroatoms. The summed E-state index contributed by atoms with van der Waals surface area (Å²) in [6.45, 7) is 4.70. The molecule has 1 aliphatic rings. The zero-order valence-corrected chi connectivity index (χ0v) is 11.4. The number of nitrogens with one attached hydrogen (secondary N) is 1. The van der Waals surface area contributed by atoms with Crippen LogP contribution in [-0.2, 0) is 0 Å². The minimum absolute atomic E-state index is 0.122. The van der Waals surface area contributed by atoms with Crippen LogP contribution in [0.2, 0.25) is 0 Å². The lowest BCUT2D eigenvalue weighted by molar-refractivity contribution is 0.0648. The van der Waals surface area contributed by atoms with Crippen LogP contribution >= 0.6 is 0 Å². The van der Waals surface area contributed by atoms with Gasteiger partial charge in [-0.1, -0.05) is 13.8 Å². The summed E-state index contributed by atoms with van der Waals surface area (Å²) in [5.74, 6) is 2.28. The summed E-state index contributed by atoms with van der Waals surface area (Å²) in [6, 6.07) is 7.87. The fourth-order valence-electron chi connectivity index (χ4n) is 2.67. The molecule has 0 atom stereocenters. The molecule has 2 N–H and O–H groups in total. The molecule has 100 valence electrons. The van der Waals surface area contributed by atoms with E-state index in [0.717, 1.165) is 30.2 Å². The summed E-state index contributed by atoms with van der Waals surface area (Å²) in [6.07, 6.45) is 2.10. The monoisotopic (exact) mass is 249 g/mol. The lowest BCUT2D eigenvalue weighted by Crippen LogP contribution is -2.54. The van der Waals surface area contributed by atoms with E-state index in [1.807, 2.05) is 24.3 Å². The van der Waals surface area contributed by atoms with E-state index in [2.05, 4.69) is 19.2 Å². The van der Waals surface area contributed by atoms with Crippen LogP contribution in [0.4, 0.5) is 5.69 Å². The molecule has 1 fully saturated rings. The number of aliphatic hydroxyl groups excluding tert-OH is 1. The van der Waals surface area contributed by atoms with Crippen molar-refractivity contribution in [2.75, 3.05) is 19.0 Å². The van der Waals surface area contributed by atoms with Crippen LogP contribution in [0.1, 0.15) is 26.7 Å². The summed E-state index contributed by atoms with van der Waals surface area (Å²) in [4.78, 5) is 0. The smallest absolute Gasteiger partial charge is 0.119 e. The van der Waals surface area contributed by atoms with Crippen molar-refractivity contribution in [3.63, 3.8) is 0 Å². The highest BCUT2D eigenvalue weighted by Gasteiger charge is 2.44. The summed E-state index contributed by atoms with van der Waals surface area (Å²) in [5.41, 5.74) is 0.927. The minimum Gasteiger partial charge on any atom is -0.497 e. The molecular formula is C15H23NO2. The third kappa shape index (κ3) is 2.61. The average Bonchev–Trinajstić information content (AvgIpc) is 2.33. The molecule has 0 saturated heterocycles. The van der Waals surface area contributed by atoms with Crippen molar-refractivity contribution >= 4 is 5.69 Å². The second kappa shape index (κ2) is 5.19. The number of anilines is 1. The van der Waals surface area contributed by atoms with Gasteiger partial charge in [-0.05, 0) is 48.9 Å². The van der Waals surface area contributed by atoms with Gasteiger partial charge in [-0.2, -0.15) is 0 Å². The molecule has 2 rings (SSSR count).